The van der Waals surface area contributed by atoms with E-state index in [2.05, 4.69) is 5.32 Å². The highest BCUT2D eigenvalue weighted by Crippen LogP contribution is 2.45. The van der Waals surface area contributed by atoms with Gasteiger partial charge < -0.3 is 24.6 Å². The average molecular weight is 403 g/mol. The van der Waals surface area contributed by atoms with Crippen LogP contribution in [0.5, 0.6) is 11.5 Å². The minimum Gasteiger partial charge on any atom is -0.504 e. The number of carbonyl (C=O) groups excluding carboxylic acids is 2. The third-order valence-electron chi connectivity index (χ3n) is 4.45. The molecule has 7 heteroatoms. The summed E-state index contributed by atoms with van der Waals surface area (Å²) in [5, 5.41) is 13.9. The maximum Gasteiger partial charge on any atom is 0.337 e. The predicted octanol–water partition coefficient (Wildman–Crippen LogP) is 3.54. The molecule has 2 rings (SSSR count). The summed E-state index contributed by atoms with van der Waals surface area (Å²) in [6.07, 6.45) is -0.694. The third kappa shape index (κ3) is 4.72. The van der Waals surface area contributed by atoms with Gasteiger partial charge in [-0.05, 0) is 47.6 Å². The second-order valence-electron chi connectivity index (χ2n) is 7.44. The fraction of sp³-hybridized carbons (Fsp3) is 0.455. The number of allylic oxidation sites excluding steroid dienone is 2. The summed E-state index contributed by atoms with van der Waals surface area (Å²) in [6, 6.07) is 4.95. The molecule has 0 saturated carbocycles. The van der Waals surface area contributed by atoms with Gasteiger partial charge in [0.05, 0.1) is 36.4 Å². The first-order chi connectivity index (χ1) is 13.6. The molecule has 2 N–H and O–H groups in total. The maximum absolute atomic E-state index is 13.0. The van der Waals surface area contributed by atoms with Crippen LogP contribution in [-0.2, 0) is 19.1 Å². The van der Waals surface area contributed by atoms with Crippen LogP contribution in [0.2, 0.25) is 0 Å². The Hall–Kier alpha value is -2.96. The Bertz CT molecular complexity index is 822. The summed E-state index contributed by atoms with van der Waals surface area (Å²) < 4.78 is 16.1. The van der Waals surface area contributed by atoms with Gasteiger partial charge >= 0.3 is 11.9 Å². The van der Waals surface area contributed by atoms with E-state index in [1.54, 1.807) is 59.7 Å². The first kappa shape index (κ1) is 22.3. The first-order valence-electron chi connectivity index (χ1n) is 9.54. The van der Waals surface area contributed by atoms with Gasteiger partial charge in [0, 0.05) is 17.0 Å². The van der Waals surface area contributed by atoms with Crippen LogP contribution in [0.25, 0.3) is 0 Å². The molecule has 1 aliphatic heterocycles. The highest BCUT2D eigenvalue weighted by molar-refractivity contribution is 6.00. The number of methoxy groups -OCH3 is 1. The monoisotopic (exact) mass is 403 g/mol. The van der Waals surface area contributed by atoms with E-state index in [0.29, 0.717) is 17.0 Å². The minimum absolute atomic E-state index is 0.146. The summed E-state index contributed by atoms with van der Waals surface area (Å²) in [7, 11) is 1.44. The van der Waals surface area contributed by atoms with E-state index < -0.39 is 17.9 Å². The number of hydrogen-bond donors (Lipinski definition) is 2. The molecule has 0 aromatic heterocycles. The van der Waals surface area contributed by atoms with Crippen molar-refractivity contribution in [3.8, 4) is 11.5 Å². The molecular formula is C22H29NO6. The predicted molar refractivity (Wildman–Crippen MR) is 108 cm³/mol. The SMILES string of the molecule is COc1cccc(C2C(C(=O)OC(C)C)=C(C)NC(C)=C2C(=O)OC(C)C)c1O. The Morgan fingerprint density at radius 2 is 1.45 bits per heavy atom. The number of esters is 2. The molecule has 0 radical (unpaired) electrons. The lowest BCUT2D eigenvalue weighted by atomic mass is 9.80. The molecule has 0 fully saturated rings. The quantitative estimate of drug-likeness (QED) is 0.702. The summed E-state index contributed by atoms with van der Waals surface area (Å²) in [5.41, 5.74) is 1.92. The smallest absolute Gasteiger partial charge is 0.337 e. The van der Waals surface area contributed by atoms with Crippen molar-refractivity contribution in [2.24, 2.45) is 0 Å². The molecule has 7 nitrogen and oxygen atoms in total. The van der Waals surface area contributed by atoms with E-state index in [-0.39, 0.29) is 34.9 Å². The van der Waals surface area contributed by atoms with E-state index in [4.69, 9.17) is 14.2 Å². The molecule has 0 atom stereocenters. The van der Waals surface area contributed by atoms with Crippen LogP contribution in [0.3, 0.4) is 0 Å². The van der Waals surface area contributed by atoms with Crippen molar-refractivity contribution in [3.05, 3.63) is 46.3 Å². The normalized spacial score (nSPS) is 14.9. The Balaban J connectivity index is 2.72. The van der Waals surface area contributed by atoms with Gasteiger partial charge in [-0.1, -0.05) is 12.1 Å². The molecule has 0 amide bonds. The standard InChI is InChI=1S/C22H29NO6/c1-11(2)28-21(25)17-13(5)23-14(6)18(22(26)29-12(3)4)19(17)15-9-8-10-16(27-7)20(15)24/h8-12,19,23-24H,1-7H3. The van der Waals surface area contributed by atoms with Crippen LogP contribution in [-0.4, -0.2) is 36.4 Å². The summed E-state index contributed by atoms with van der Waals surface area (Å²) in [6.45, 7) is 10.5. The Morgan fingerprint density at radius 3 is 1.86 bits per heavy atom. The zero-order valence-corrected chi connectivity index (χ0v) is 18.0. The summed E-state index contributed by atoms with van der Waals surface area (Å²) in [5.74, 6) is -1.92. The number of carbonyl (C=O) groups is 2. The van der Waals surface area contributed by atoms with E-state index in [1.807, 2.05) is 0 Å². The fourth-order valence-electron chi connectivity index (χ4n) is 3.34. The maximum atomic E-state index is 13.0. The number of benzene rings is 1. The summed E-state index contributed by atoms with van der Waals surface area (Å²) >= 11 is 0. The number of para-hydroxylation sites is 1. The number of aromatic hydroxyl groups is 1. The topological polar surface area (TPSA) is 94.1 Å². The van der Waals surface area contributed by atoms with Crippen LogP contribution in [0, 0.1) is 0 Å². The van der Waals surface area contributed by atoms with E-state index in [1.165, 1.54) is 7.11 Å². The first-order valence-corrected chi connectivity index (χ1v) is 9.54. The van der Waals surface area contributed by atoms with Gasteiger partial charge in [-0.3, -0.25) is 0 Å². The number of rotatable bonds is 6. The molecule has 1 aromatic rings. The molecule has 0 spiro atoms. The summed E-state index contributed by atoms with van der Waals surface area (Å²) in [4.78, 5) is 25.9. The molecule has 0 bridgehead atoms. The molecule has 158 valence electrons. The van der Waals surface area contributed by atoms with Crippen LogP contribution in [0.4, 0.5) is 0 Å². The number of phenolic OH excluding ortho intramolecular Hbond substituents is 1. The van der Waals surface area contributed by atoms with Crippen LogP contribution < -0.4 is 10.1 Å². The molecule has 1 aliphatic rings. The lowest BCUT2D eigenvalue weighted by Gasteiger charge is -2.31. The Morgan fingerprint density at radius 1 is 0.966 bits per heavy atom. The zero-order valence-electron chi connectivity index (χ0n) is 18.0. The van der Waals surface area contributed by atoms with Crippen LogP contribution in [0.15, 0.2) is 40.7 Å². The molecule has 0 saturated heterocycles. The average Bonchev–Trinajstić information content (AvgIpc) is 2.59. The van der Waals surface area contributed by atoms with Crippen molar-refractivity contribution < 1.29 is 28.9 Å². The number of nitrogens with one attached hydrogen (secondary N) is 1. The van der Waals surface area contributed by atoms with Gasteiger partial charge in [-0.25, -0.2) is 9.59 Å². The molecular weight excluding hydrogens is 374 g/mol. The van der Waals surface area contributed by atoms with Gasteiger partial charge in [0.1, 0.15) is 0 Å². The van der Waals surface area contributed by atoms with Gasteiger partial charge in [0.2, 0.25) is 0 Å². The number of ether oxygens (including phenoxy) is 3. The minimum atomic E-state index is -0.871. The largest absolute Gasteiger partial charge is 0.504 e. The highest BCUT2D eigenvalue weighted by atomic mass is 16.5. The number of dihydropyridines is 1. The van der Waals surface area contributed by atoms with Gasteiger partial charge in [-0.2, -0.15) is 0 Å². The van der Waals surface area contributed by atoms with Crippen molar-refractivity contribution in [1.82, 2.24) is 5.32 Å². The van der Waals surface area contributed by atoms with Crippen molar-refractivity contribution in [2.75, 3.05) is 7.11 Å². The molecule has 0 unspecified atom stereocenters. The lowest BCUT2D eigenvalue weighted by molar-refractivity contribution is -0.143. The molecule has 1 heterocycles. The molecule has 1 aromatic carbocycles. The second kappa shape index (κ2) is 9.03. The number of phenols is 1. The van der Waals surface area contributed by atoms with Gasteiger partial charge in [0.25, 0.3) is 0 Å². The van der Waals surface area contributed by atoms with Crippen molar-refractivity contribution in [2.45, 2.75) is 59.7 Å². The van der Waals surface area contributed by atoms with E-state index in [0.717, 1.165) is 0 Å². The van der Waals surface area contributed by atoms with Gasteiger partial charge in [-0.15, -0.1) is 0 Å². The fourth-order valence-corrected chi connectivity index (χ4v) is 3.34. The molecule has 29 heavy (non-hydrogen) atoms. The van der Waals surface area contributed by atoms with Crippen molar-refractivity contribution >= 4 is 11.9 Å². The second-order valence-corrected chi connectivity index (χ2v) is 7.44. The lowest BCUT2D eigenvalue weighted by Crippen LogP contribution is -2.33. The van der Waals surface area contributed by atoms with Crippen LogP contribution >= 0.6 is 0 Å². The van der Waals surface area contributed by atoms with E-state index in [9.17, 15) is 14.7 Å². The highest BCUT2D eigenvalue weighted by Gasteiger charge is 2.40. The third-order valence-corrected chi connectivity index (χ3v) is 4.45. The van der Waals surface area contributed by atoms with Gasteiger partial charge in [0.15, 0.2) is 11.5 Å². The van der Waals surface area contributed by atoms with Crippen molar-refractivity contribution in [1.29, 1.82) is 0 Å². The van der Waals surface area contributed by atoms with Crippen molar-refractivity contribution in [3.63, 3.8) is 0 Å². The van der Waals surface area contributed by atoms with E-state index >= 15 is 0 Å². The Kier molecular flexibility index (Phi) is 6.95. The molecule has 0 aliphatic carbocycles. The van der Waals surface area contributed by atoms with Crippen LogP contribution in [0.1, 0.15) is 53.0 Å². The number of hydrogen-bond acceptors (Lipinski definition) is 7. The zero-order chi connectivity index (χ0) is 21.9. The Labute approximate surface area is 171 Å².